The molecular weight excluding hydrogens is 248 g/mol. The highest BCUT2D eigenvalue weighted by molar-refractivity contribution is 5.61. The largest absolute Gasteiger partial charge is 0.314 e. The first-order valence-corrected chi connectivity index (χ1v) is 6.76. The van der Waals surface area contributed by atoms with E-state index in [9.17, 15) is 0 Å². The molecule has 4 heteroatoms. The number of hydrogen-bond donors (Lipinski definition) is 1. The summed E-state index contributed by atoms with van der Waals surface area (Å²) < 4.78 is 1.93. The monoisotopic (exact) mass is 266 g/mol. The molecular formula is C16H18N4. The normalized spacial score (nSPS) is 11.2. The van der Waals surface area contributed by atoms with Crippen LogP contribution in [0.5, 0.6) is 0 Å². The van der Waals surface area contributed by atoms with Crippen LogP contribution >= 0.6 is 0 Å². The molecule has 2 aromatic heterocycles. The van der Waals surface area contributed by atoms with Crippen molar-refractivity contribution in [1.82, 2.24) is 19.9 Å². The molecule has 0 amide bonds. The summed E-state index contributed by atoms with van der Waals surface area (Å²) in [5.74, 6) is 0. The van der Waals surface area contributed by atoms with Gasteiger partial charge in [-0.05, 0) is 39.1 Å². The van der Waals surface area contributed by atoms with Gasteiger partial charge in [0.1, 0.15) is 0 Å². The Morgan fingerprint density at radius 1 is 1.15 bits per heavy atom. The van der Waals surface area contributed by atoms with Crippen molar-refractivity contribution in [3.8, 4) is 11.3 Å². The summed E-state index contributed by atoms with van der Waals surface area (Å²) in [7, 11) is 1.93. The average Bonchev–Trinajstić information content (AvgIpc) is 2.75. The van der Waals surface area contributed by atoms with Crippen molar-refractivity contribution >= 4 is 5.65 Å². The van der Waals surface area contributed by atoms with Gasteiger partial charge >= 0.3 is 0 Å². The van der Waals surface area contributed by atoms with Gasteiger partial charge in [-0.15, -0.1) is 0 Å². The molecule has 1 aromatic carbocycles. The van der Waals surface area contributed by atoms with Crippen LogP contribution in [0.15, 0.2) is 36.4 Å². The molecule has 0 aliphatic rings. The molecule has 2 heterocycles. The number of nitrogens with zero attached hydrogens (tertiary/aromatic N) is 3. The van der Waals surface area contributed by atoms with Gasteiger partial charge in [-0.25, -0.2) is 9.50 Å². The summed E-state index contributed by atoms with van der Waals surface area (Å²) in [6.07, 6.45) is 0. The van der Waals surface area contributed by atoms with Crippen LogP contribution in [0.1, 0.15) is 17.0 Å². The van der Waals surface area contributed by atoms with Gasteiger partial charge in [0.05, 0.1) is 17.1 Å². The van der Waals surface area contributed by atoms with E-state index in [1.54, 1.807) is 0 Å². The maximum atomic E-state index is 4.74. The molecule has 0 spiro atoms. The fraction of sp³-hybridized carbons (Fsp3) is 0.250. The number of benzene rings is 1. The molecule has 0 aliphatic carbocycles. The Morgan fingerprint density at radius 3 is 2.75 bits per heavy atom. The molecule has 0 radical (unpaired) electrons. The van der Waals surface area contributed by atoms with Crippen LogP contribution in [0.2, 0.25) is 0 Å². The van der Waals surface area contributed by atoms with Gasteiger partial charge < -0.3 is 5.32 Å². The van der Waals surface area contributed by atoms with Gasteiger partial charge in [0.15, 0.2) is 5.65 Å². The topological polar surface area (TPSA) is 42.2 Å². The van der Waals surface area contributed by atoms with Gasteiger partial charge in [-0.3, -0.25) is 0 Å². The Morgan fingerprint density at radius 2 is 2.00 bits per heavy atom. The van der Waals surface area contributed by atoms with Gasteiger partial charge in [0.25, 0.3) is 0 Å². The lowest BCUT2D eigenvalue weighted by Gasteiger charge is -2.05. The number of nitrogens with one attached hydrogen (secondary N) is 1. The maximum absolute atomic E-state index is 4.74. The van der Waals surface area contributed by atoms with Crippen LogP contribution in [0.3, 0.4) is 0 Å². The van der Waals surface area contributed by atoms with Crippen LogP contribution in [-0.2, 0) is 6.54 Å². The summed E-state index contributed by atoms with van der Waals surface area (Å²) in [5.41, 5.74) is 6.36. The third-order valence-corrected chi connectivity index (χ3v) is 3.43. The first kappa shape index (κ1) is 12.8. The summed E-state index contributed by atoms with van der Waals surface area (Å²) in [4.78, 5) is 4.54. The highest BCUT2D eigenvalue weighted by Gasteiger charge is 2.10. The SMILES string of the molecule is CNCc1c(C)nc2ccc(-c3cccc(C)c3)nn12. The molecule has 1 N–H and O–H groups in total. The van der Waals surface area contributed by atoms with Gasteiger partial charge in [0, 0.05) is 12.1 Å². The lowest BCUT2D eigenvalue weighted by Crippen LogP contribution is -2.10. The third kappa shape index (κ3) is 2.18. The predicted octanol–water partition coefficient (Wildman–Crippen LogP) is 2.73. The van der Waals surface area contributed by atoms with Crippen LogP contribution in [0.25, 0.3) is 16.9 Å². The predicted molar refractivity (Wildman–Crippen MR) is 80.7 cm³/mol. The summed E-state index contributed by atoms with van der Waals surface area (Å²) in [6.45, 7) is 4.88. The minimum atomic E-state index is 0.761. The van der Waals surface area contributed by atoms with Crippen LogP contribution in [-0.4, -0.2) is 21.6 Å². The molecule has 0 atom stereocenters. The van der Waals surface area contributed by atoms with E-state index in [0.29, 0.717) is 0 Å². The number of imidazole rings is 1. The summed E-state index contributed by atoms with van der Waals surface area (Å²) in [6, 6.07) is 12.4. The Bertz CT molecular complexity index is 758. The number of rotatable bonds is 3. The van der Waals surface area contributed by atoms with Crippen molar-refractivity contribution in [3.05, 3.63) is 53.3 Å². The van der Waals surface area contributed by atoms with Crippen molar-refractivity contribution in [3.63, 3.8) is 0 Å². The van der Waals surface area contributed by atoms with Crippen molar-refractivity contribution in [2.75, 3.05) is 7.05 Å². The van der Waals surface area contributed by atoms with Crippen molar-refractivity contribution in [1.29, 1.82) is 0 Å². The molecule has 0 saturated carbocycles. The number of aromatic nitrogens is 3. The Kier molecular flexibility index (Phi) is 3.24. The fourth-order valence-corrected chi connectivity index (χ4v) is 2.42. The third-order valence-electron chi connectivity index (χ3n) is 3.43. The van der Waals surface area contributed by atoms with Crippen LogP contribution in [0, 0.1) is 13.8 Å². The van der Waals surface area contributed by atoms with E-state index in [1.165, 1.54) is 5.56 Å². The summed E-state index contributed by atoms with van der Waals surface area (Å²) in [5, 5.41) is 7.91. The zero-order chi connectivity index (χ0) is 14.1. The first-order chi connectivity index (χ1) is 9.69. The van der Waals surface area contributed by atoms with Crippen molar-refractivity contribution in [2.24, 2.45) is 0 Å². The highest BCUT2D eigenvalue weighted by atomic mass is 15.3. The Balaban J connectivity index is 2.16. The van der Waals surface area contributed by atoms with E-state index in [-0.39, 0.29) is 0 Å². The minimum absolute atomic E-state index is 0.761. The second-order valence-electron chi connectivity index (χ2n) is 5.03. The summed E-state index contributed by atoms with van der Waals surface area (Å²) >= 11 is 0. The van der Waals surface area contributed by atoms with E-state index in [0.717, 1.165) is 34.8 Å². The van der Waals surface area contributed by atoms with Gasteiger partial charge in [-0.2, -0.15) is 5.10 Å². The Labute approximate surface area is 118 Å². The molecule has 0 saturated heterocycles. The van der Waals surface area contributed by atoms with E-state index >= 15 is 0 Å². The number of hydrogen-bond acceptors (Lipinski definition) is 3. The molecule has 4 nitrogen and oxygen atoms in total. The van der Waals surface area contributed by atoms with Gasteiger partial charge in [-0.1, -0.05) is 23.8 Å². The smallest absolute Gasteiger partial charge is 0.154 e. The van der Waals surface area contributed by atoms with Crippen molar-refractivity contribution in [2.45, 2.75) is 20.4 Å². The second-order valence-corrected chi connectivity index (χ2v) is 5.03. The average molecular weight is 266 g/mol. The van der Waals surface area contributed by atoms with E-state index in [1.807, 2.05) is 30.6 Å². The van der Waals surface area contributed by atoms with Crippen LogP contribution < -0.4 is 5.32 Å². The van der Waals surface area contributed by atoms with E-state index in [2.05, 4.69) is 41.5 Å². The van der Waals surface area contributed by atoms with Crippen molar-refractivity contribution < 1.29 is 0 Å². The Hall–Kier alpha value is -2.20. The molecule has 0 unspecified atom stereocenters. The maximum Gasteiger partial charge on any atom is 0.154 e. The molecule has 0 aliphatic heterocycles. The van der Waals surface area contributed by atoms with Crippen LogP contribution in [0.4, 0.5) is 0 Å². The molecule has 3 aromatic rings. The molecule has 0 bridgehead atoms. The zero-order valence-corrected chi connectivity index (χ0v) is 12.0. The van der Waals surface area contributed by atoms with Gasteiger partial charge in [0.2, 0.25) is 0 Å². The molecule has 20 heavy (non-hydrogen) atoms. The minimum Gasteiger partial charge on any atom is -0.314 e. The zero-order valence-electron chi connectivity index (χ0n) is 12.0. The fourth-order valence-electron chi connectivity index (χ4n) is 2.42. The molecule has 102 valence electrons. The quantitative estimate of drug-likeness (QED) is 0.792. The number of fused-ring (bicyclic) bond motifs is 1. The molecule has 0 fully saturated rings. The molecule has 3 rings (SSSR count). The van der Waals surface area contributed by atoms with E-state index in [4.69, 9.17) is 5.10 Å². The lowest BCUT2D eigenvalue weighted by atomic mass is 10.1. The lowest BCUT2D eigenvalue weighted by molar-refractivity contribution is 0.744. The second kappa shape index (κ2) is 5.06. The standard InChI is InChI=1S/C16H18N4/c1-11-5-4-6-13(9-11)14-7-8-16-18-12(2)15(10-17-3)20(16)19-14/h4-9,17H,10H2,1-3H3. The first-order valence-electron chi connectivity index (χ1n) is 6.76. The number of aryl methyl sites for hydroxylation is 2. The van der Waals surface area contributed by atoms with E-state index < -0.39 is 0 Å². The highest BCUT2D eigenvalue weighted by Crippen LogP contribution is 2.20.